The largest absolute Gasteiger partial charge is 0.396 e. The molecule has 15 heavy (non-hydrogen) atoms. The highest BCUT2D eigenvalue weighted by atomic mass is 16.3. The maximum absolute atomic E-state index is 11.2. The van der Waals surface area contributed by atoms with Crippen LogP contribution in [0, 0.1) is 0 Å². The predicted octanol–water partition coefficient (Wildman–Crippen LogP) is 1.71. The lowest BCUT2D eigenvalue weighted by Gasteiger charge is -2.19. The van der Waals surface area contributed by atoms with Gasteiger partial charge in [0.25, 0.3) is 0 Å². The van der Waals surface area contributed by atoms with E-state index in [0.29, 0.717) is 0 Å². The number of carbonyl (C=O) groups excluding carboxylic acids is 1. The summed E-state index contributed by atoms with van der Waals surface area (Å²) in [6, 6.07) is 7.52. The van der Waals surface area contributed by atoms with Crippen LogP contribution in [0.3, 0.4) is 0 Å². The van der Waals surface area contributed by atoms with Crippen molar-refractivity contribution in [2.75, 3.05) is 25.1 Å². The summed E-state index contributed by atoms with van der Waals surface area (Å²) >= 11 is 0. The fourth-order valence-corrected chi connectivity index (χ4v) is 1.40. The summed E-state index contributed by atoms with van der Waals surface area (Å²) in [5.41, 5.74) is 1.74. The normalized spacial score (nSPS) is 10.1. The minimum Gasteiger partial charge on any atom is -0.396 e. The van der Waals surface area contributed by atoms with E-state index in [-0.39, 0.29) is 12.4 Å². The highest BCUT2D eigenvalue weighted by Crippen LogP contribution is 2.15. The Morgan fingerprint density at radius 1 is 1.47 bits per heavy atom. The van der Waals surface area contributed by atoms with E-state index in [0.717, 1.165) is 24.2 Å². The minimum absolute atomic E-state index is 0.0763. The van der Waals surface area contributed by atoms with Gasteiger partial charge in [-0.3, -0.25) is 4.79 Å². The van der Waals surface area contributed by atoms with Gasteiger partial charge in [0.1, 0.15) is 0 Å². The van der Waals surface area contributed by atoms with Crippen molar-refractivity contribution in [2.45, 2.75) is 13.3 Å². The summed E-state index contributed by atoms with van der Waals surface area (Å²) in [7, 11) is 1.95. The van der Waals surface area contributed by atoms with Crippen LogP contribution in [0.1, 0.15) is 23.7 Å². The molecule has 0 heterocycles. The van der Waals surface area contributed by atoms with E-state index in [1.165, 1.54) is 0 Å². The molecule has 82 valence electrons. The van der Waals surface area contributed by atoms with Gasteiger partial charge in [-0.25, -0.2) is 0 Å². The van der Waals surface area contributed by atoms with Crippen LogP contribution >= 0.6 is 0 Å². The number of anilines is 1. The Labute approximate surface area is 90.3 Å². The monoisotopic (exact) mass is 207 g/mol. The molecule has 0 atom stereocenters. The SMILES string of the molecule is CC(=O)c1cccc(N(C)CCCO)c1. The lowest BCUT2D eigenvalue weighted by Crippen LogP contribution is -2.19. The van der Waals surface area contributed by atoms with Crippen molar-refractivity contribution in [3.63, 3.8) is 0 Å². The molecule has 0 unspecified atom stereocenters. The van der Waals surface area contributed by atoms with Crippen molar-refractivity contribution in [2.24, 2.45) is 0 Å². The van der Waals surface area contributed by atoms with Crippen LogP contribution in [-0.2, 0) is 0 Å². The topological polar surface area (TPSA) is 40.5 Å². The zero-order valence-electron chi connectivity index (χ0n) is 9.23. The van der Waals surface area contributed by atoms with Crippen LogP contribution in [0.5, 0.6) is 0 Å². The molecule has 1 N–H and O–H groups in total. The summed E-state index contributed by atoms with van der Waals surface area (Å²) in [6.45, 7) is 2.54. The molecule has 0 aliphatic carbocycles. The van der Waals surface area contributed by atoms with Gasteiger partial charge in [0.05, 0.1) is 0 Å². The molecule has 0 aromatic heterocycles. The Balaban J connectivity index is 2.76. The molecule has 0 aliphatic heterocycles. The number of nitrogens with zero attached hydrogens (tertiary/aromatic N) is 1. The predicted molar refractivity (Wildman–Crippen MR) is 61.4 cm³/mol. The van der Waals surface area contributed by atoms with Gasteiger partial charge in [0.15, 0.2) is 5.78 Å². The average molecular weight is 207 g/mol. The average Bonchev–Trinajstić information content (AvgIpc) is 2.26. The Hall–Kier alpha value is -1.35. The van der Waals surface area contributed by atoms with Crippen LogP contribution < -0.4 is 4.90 Å². The van der Waals surface area contributed by atoms with Crippen molar-refractivity contribution in [3.8, 4) is 0 Å². The molecule has 1 rings (SSSR count). The highest BCUT2D eigenvalue weighted by Gasteiger charge is 2.03. The second kappa shape index (κ2) is 5.51. The molecule has 1 aromatic rings. The third-order valence-corrected chi connectivity index (χ3v) is 2.35. The Morgan fingerprint density at radius 2 is 2.20 bits per heavy atom. The van der Waals surface area contributed by atoms with Crippen molar-refractivity contribution in [1.29, 1.82) is 0 Å². The first-order valence-electron chi connectivity index (χ1n) is 5.08. The zero-order valence-corrected chi connectivity index (χ0v) is 9.23. The van der Waals surface area contributed by atoms with E-state index >= 15 is 0 Å². The summed E-state index contributed by atoms with van der Waals surface area (Å²) in [6.07, 6.45) is 0.737. The van der Waals surface area contributed by atoms with E-state index < -0.39 is 0 Å². The van der Waals surface area contributed by atoms with Gasteiger partial charge in [-0.05, 0) is 25.5 Å². The number of benzene rings is 1. The van der Waals surface area contributed by atoms with Gasteiger partial charge in [-0.2, -0.15) is 0 Å². The van der Waals surface area contributed by atoms with E-state index in [1.54, 1.807) is 6.92 Å². The molecule has 0 saturated heterocycles. The quantitative estimate of drug-likeness (QED) is 0.747. The lowest BCUT2D eigenvalue weighted by molar-refractivity contribution is 0.101. The molecule has 3 nitrogen and oxygen atoms in total. The molecule has 1 aromatic carbocycles. The van der Waals surface area contributed by atoms with Crippen LogP contribution in [-0.4, -0.2) is 31.1 Å². The van der Waals surface area contributed by atoms with E-state index in [9.17, 15) is 4.79 Å². The number of carbonyl (C=O) groups is 1. The van der Waals surface area contributed by atoms with Gasteiger partial charge in [0.2, 0.25) is 0 Å². The number of rotatable bonds is 5. The number of hydrogen-bond acceptors (Lipinski definition) is 3. The summed E-state index contributed by atoms with van der Waals surface area (Å²) in [5.74, 6) is 0.0763. The number of hydrogen-bond donors (Lipinski definition) is 1. The standard InChI is InChI=1S/C12H17NO2/c1-10(15)11-5-3-6-12(9-11)13(2)7-4-8-14/h3,5-6,9,14H,4,7-8H2,1-2H3. The molecule has 0 aliphatic rings. The number of aliphatic hydroxyl groups is 1. The van der Waals surface area contributed by atoms with Gasteiger partial charge in [0, 0.05) is 31.5 Å². The van der Waals surface area contributed by atoms with E-state index in [1.807, 2.05) is 36.2 Å². The smallest absolute Gasteiger partial charge is 0.159 e. The van der Waals surface area contributed by atoms with Gasteiger partial charge < -0.3 is 10.0 Å². The second-order valence-corrected chi connectivity index (χ2v) is 3.61. The van der Waals surface area contributed by atoms with Crippen LogP contribution in [0.2, 0.25) is 0 Å². The van der Waals surface area contributed by atoms with Crippen LogP contribution in [0.25, 0.3) is 0 Å². The molecule has 0 radical (unpaired) electrons. The summed E-state index contributed by atoms with van der Waals surface area (Å²) in [5, 5.41) is 8.72. The molecule has 0 bridgehead atoms. The summed E-state index contributed by atoms with van der Waals surface area (Å²) in [4.78, 5) is 13.2. The van der Waals surface area contributed by atoms with E-state index in [4.69, 9.17) is 5.11 Å². The number of ketones is 1. The maximum Gasteiger partial charge on any atom is 0.159 e. The van der Waals surface area contributed by atoms with Gasteiger partial charge in [-0.15, -0.1) is 0 Å². The van der Waals surface area contributed by atoms with E-state index in [2.05, 4.69) is 0 Å². The Kier molecular flexibility index (Phi) is 4.31. The fourth-order valence-electron chi connectivity index (χ4n) is 1.40. The third-order valence-electron chi connectivity index (χ3n) is 2.35. The highest BCUT2D eigenvalue weighted by molar-refractivity contribution is 5.94. The minimum atomic E-state index is 0.0763. The van der Waals surface area contributed by atoms with Crippen molar-refractivity contribution >= 4 is 11.5 Å². The molecular formula is C12H17NO2. The zero-order chi connectivity index (χ0) is 11.3. The Morgan fingerprint density at radius 3 is 2.80 bits per heavy atom. The maximum atomic E-state index is 11.2. The van der Waals surface area contributed by atoms with Crippen molar-refractivity contribution in [1.82, 2.24) is 0 Å². The van der Waals surface area contributed by atoms with Crippen LogP contribution in [0.15, 0.2) is 24.3 Å². The first-order valence-corrected chi connectivity index (χ1v) is 5.08. The number of Topliss-reactive ketones (excluding diaryl/α,β-unsaturated/α-hetero) is 1. The first-order chi connectivity index (χ1) is 7.15. The third kappa shape index (κ3) is 3.36. The van der Waals surface area contributed by atoms with Gasteiger partial charge in [-0.1, -0.05) is 12.1 Å². The Bertz CT molecular complexity index is 336. The number of aliphatic hydroxyl groups excluding tert-OH is 1. The van der Waals surface area contributed by atoms with Gasteiger partial charge >= 0.3 is 0 Å². The summed E-state index contributed by atoms with van der Waals surface area (Å²) < 4.78 is 0. The molecule has 0 fully saturated rings. The van der Waals surface area contributed by atoms with Crippen molar-refractivity contribution in [3.05, 3.63) is 29.8 Å². The lowest BCUT2D eigenvalue weighted by atomic mass is 10.1. The molecule has 0 saturated carbocycles. The second-order valence-electron chi connectivity index (χ2n) is 3.61. The molecule has 0 spiro atoms. The fraction of sp³-hybridized carbons (Fsp3) is 0.417. The molecular weight excluding hydrogens is 190 g/mol. The molecule has 0 amide bonds. The first kappa shape index (κ1) is 11.7. The van der Waals surface area contributed by atoms with Crippen LogP contribution in [0.4, 0.5) is 5.69 Å². The molecule has 3 heteroatoms. The van der Waals surface area contributed by atoms with Crippen molar-refractivity contribution < 1.29 is 9.90 Å².